The molecule has 1 rings (SSSR count). The summed E-state index contributed by atoms with van der Waals surface area (Å²) in [6, 6.07) is 8.03. The predicted molar refractivity (Wildman–Crippen MR) is 54.9 cm³/mol. The average Bonchev–Trinajstić information content (AvgIpc) is 2.18. The van der Waals surface area contributed by atoms with Gasteiger partial charge in [0.1, 0.15) is 5.75 Å². The summed E-state index contributed by atoms with van der Waals surface area (Å²) in [5.41, 5.74) is 1.26. The molecule has 0 aromatic heterocycles. The third kappa shape index (κ3) is 2.52. The fraction of sp³-hybridized carbons (Fsp3) is 0.333. The van der Waals surface area contributed by atoms with Crippen molar-refractivity contribution in [2.45, 2.75) is 19.3 Å². The zero-order valence-electron chi connectivity index (χ0n) is 8.08. The van der Waals surface area contributed by atoms with E-state index in [1.54, 1.807) is 7.11 Å². The highest BCUT2D eigenvalue weighted by atomic mass is 16.5. The number of rotatable bonds is 3. The summed E-state index contributed by atoms with van der Waals surface area (Å²) in [6.07, 6.45) is 6.03. The van der Waals surface area contributed by atoms with Crippen molar-refractivity contribution >= 4 is 0 Å². The second-order valence-corrected chi connectivity index (χ2v) is 3.08. The van der Waals surface area contributed by atoms with Crippen molar-refractivity contribution in [1.29, 1.82) is 0 Å². The Morgan fingerprint density at radius 1 is 1.38 bits per heavy atom. The summed E-state index contributed by atoms with van der Waals surface area (Å²) in [6.45, 7) is 2.13. The molecule has 1 aromatic carbocycles. The van der Waals surface area contributed by atoms with Crippen molar-refractivity contribution in [3.05, 3.63) is 29.8 Å². The summed E-state index contributed by atoms with van der Waals surface area (Å²) in [5, 5.41) is 0. The van der Waals surface area contributed by atoms with Crippen molar-refractivity contribution in [3.63, 3.8) is 0 Å². The van der Waals surface area contributed by atoms with Crippen LogP contribution < -0.4 is 4.74 Å². The molecule has 68 valence electrons. The second-order valence-electron chi connectivity index (χ2n) is 3.08. The predicted octanol–water partition coefficient (Wildman–Crippen LogP) is 2.82. The third-order valence-electron chi connectivity index (χ3n) is 2.11. The average molecular weight is 174 g/mol. The molecule has 1 unspecified atom stereocenters. The van der Waals surface area contributed by atoms with E-state index in [4.69, 9.17) is 11.2 Å². The van der Waals surface area contributed by atoms with Crippen molar-refractivity contribution in [2.24, 2.45) is 0 Å². The van der Waals surface area contributed by atoms with E-state index in [0.29, 0.717) is 5.92 Å². The summed E-state index contributed by atoms with van der Waals surface area (Å²) < 4.78 is 5.07. The van der Waals surface area contributed by atoms with Crippen LogP contribution in [0.5, 0.6) is 5.75 Å². The smallest absolute Gasteiger partial charge is 0.118 e. The van der Waals surface area contributed by atoms with Crippen molar-refractivity contribution in [2.75, 3.05) is 7.11 Å². The Balaban J connectivity index is 2.74. The molecule has 0 aliphatic heterocycles. The van der Waals surface area contributed by atoms with Gasteiger partial charge in [0, 0.05) is 6.42 Å². The van der Waals surface area contributed by atoms with Crippen LogP contribution in [-0.2, 0) is 0 Å². The molecule has 0 radical (unpaired) electrons. The normalized spacial score (nSPS) is 11.8. The van der Waals surface area contributed by atoms with Crippen LogP contribution in [0.15, 0.2) is 24.3 Å². The van der Waals surface area contributed by atoms with Gasteiger partial charge in [-0.3, -0.25) is 0 Å². The number of hydrogen-bond donors (Lipinski definition) is 0. The Kier molecular flexibility index (Phi) is 3.40. The molecule has 1 nitrogen and oxygen atoms in total. The highest BCUT2D eigenvalue weighted by Crippen LogP contribution is 2.20. The summed E-state index contributed by atoms with van der Waals surface area (Å²) >= 11 is 0. The van der Waals surface area contributed by atoms with E-state index in [0.717, 1.165) is 12.2 Å². The minimum absolute atomic E-state index is 0.427. The maximum Gasteiger partial charge on any atom is 0.118 e. The van der Waals surface area contributed by atoms with Gasteiger partial charge in [0.25, 0.3) is 0 Å². The van der Waals surface area contributed by atoms with Gasteiger partial charge in [-0.15, -0.1) is 12.3 Å². The first-order valence-corrected chi connectivity index (χ1v) is 4.35. The van der Waals surface area contributed by atoms with Crippen LogP contribution in [0, 0.1) is 12.3 Å². The molecular weight excluding hydrogens is 160 g/mol. The topological polar surface area (TPSA) is 9.23 Å². The second kappa shape index (κ2) is 4.57. The van der Waals surface area contributed by atoms with E-state index in [9.17, 15) is 0 Å². The molecule has 0 heterocycles. The van der Waals surface area contributed by atoms with Gasteiger partial charge in [-0.25, -0.2) is 0 Å². The molecule has 0 saturated heterocycles. The lowest BCUT2D eigenvalue weighted by molar-refractivity contribution is 0.414. The quantitative estimate of drug-likeness (QED) is 0.640. The standard InChI is InChI=1S/C12H14O/c1-4-5-10(2)11-6-8-12(13-3)9-7-11/h1,6-10H,5H2,2-3H3. The summed E-state index contributed by atoms with van der Waals surface area (Å²) in [5.74, 6) is 3.98. The van der Waals surface area contributed by atoms with E-state index in [1.807, 2.05) is 12.1 Å². The lowest BCUT2D eigenvalue weighted by atomic mass is 9.98. The van der Waals surface area contributed by atoms with Crippen molar-refractivity contribution in [3.8, 4) is 18.1 Å². The Morgan fingerprint density at radius 2 is 2.00 bits per heavy atom. The first kappa shape index (κ1) is 9.67. The van der Waals surface area contributed by atoms with E-state index in [1.165, 1.54) is 5.56 Å². The minimum atomic E-state index is 0.427. The number of benzene rings is 1. The van der Waals surface area contributed by atoms with Gasteiger partial charge in [0.15, 0.2) is 0 Å². The molecule has 0 amide bonds. The SMILES string of the molecule is C#CCC(C)c1ccc(OC)cc1. The number of terminal acetylenes is 1. The van der Waals surface area contributed by atoms with Gasteiger partial charge in [-0.05, 0) is 23.6 Å². The van der Waals surface area contributed by atoms with Crippen LogP contribution in [0.3, 0.4) is 0 Å². The lowest BCUT2D eigenvalue weighted by Gasteiger charge is -2.08. The van der Waals surface area contributed by atoms with E-state index >= 15 is 0 Å². The summed E-state index contributed by atoms with van der Waals surface area (Å²) in [7, 11) is 1.67. The molecule has 1 heteroatoms. The molecule has 1 aromatic rings. The fourth-order valence-electron chi connectivity index (χ4n) is 1.23. The number of hydrogen-bond acceptors (Lipinski definition) is 1. The largest absolute Gasteiger partial charge is 0.497 e. The fourth-order valence-corrected chi connectivity index (χ4v) is 1.23. The van der Waals surface area contributed by atoms with Crippen molar-refractivity contribution < 1.29 is 4.74 Å². The van der Waals surface area contributed by atoms with Crippen LogP contribution in [0.1, 0.15) is 24.8 Å². The van der Waals surface area contributed by atoms with Crippen LogP contribution in [0.2, 0.25) is 0 Å². The molecular formula is C12H14O. The molecule has 13 heavy (non-hydrogen) atoms. The molecule has 0 saturated carbocycles. The van der Waals surface area contributed by atoms with E-state index in [-0.39, 0.29) is 0 Å². The molecule has 0 aliphatic carbocycles. The highest BCUT2D eigenvalue weighted by Gasteiger charge is 2.02. The van der Waals surface area contributed by atoms with Gasteiger partial charge < -0.3 is 4.74 Å². The van der Waals surface area contributed by atoms with Gasteiger partial charge in [0.05, 0.1) is 7.11 Å². The minimum Gasteiger partial charge on any atom is -0.497 e. The van der Waals surface area contributed by atoms with Crippen molar-refractivity contribution in [1.82, 2.24) is 0 Å². The van der Waals surface area contributed by atoms with Gasteiger partial charge in [-0.2, -0.15) is 0 Å². The monoisotopic (exact) mass is 174 g/mol. The Labute approximate surface area is 79.7 Å². The summed E-state index contributed by atoms with van der Waals surface area (Å²) in [4.78, 5) is 0. The maximum absolute atomic E-state index is 5.25. The van der Waals surface area contributed by atoms with E-state index in [2.05, 4.69) is 25.0 Å². The van der Waals surface area contributed by atoms with Crippen LogP contribution in [0.4, 0.5) is 0 Å². The molecule has 1 atom stereocenters. The highest BCUT2D eigenvalue weighted by molar-refractivity contribution is 5.29. The van der Waals surface area contributed by atoms with Crippen LogP contribution >= 0.6 is 0 Å². The molecule has 0 aliphatic rings. The number of ether oxygens (including phenoxy) is 1. The molecule has 0 N–H and O–H groups in total. The third-order valence-corrected chi connectivity index (χ3v) is 2.11. The van der Waals surface area contributed by atoms with Gasteiger partial charge in [-0.1, -0.05) is 19.1 Å². The van der Waals surface area contributed by atoms with Gasteiger partial charge >= 0.3 is 0 Å². The Morgan fingerprint density at radius 3 is 2.46 bits per heavy atom. The Hall–Kier alpha value is -1.42. The molecule has 0 fully saturated rings. The number of methoxy groups -OCH3 is 1. The maximum atomic E-state index is 5.25. The lowest BCUT2D eigenvalue weighted by Crippen LogP contribution is -1.91. The van der Waals surface area contributed by atoms with E-state index < -0.39 is 0 Å². The zero-order valence-corrected chi connectivity index (χ0v) is 8.08. The first-order valence-electron chi connectivity index (χ1n) is 4.35. The first-order chi connectivity index (χ1) is 6.27. The molecule has 0 spiro atoms. The van der Waals surface area contributed by atoms with Gasteiger partial charge in [0.2, 0.25) is 0 Å². The zero-order chi connectivity index (χ0) is 9.68. The Bertz CT molecular complexity index is 292. The van der Waals surface area contributed by atoms with Crippen LogP contribution in [-0.4, -0.2) is 7.11 Å². The molecule has 0 bridgehead atoms. The van der Waals surface area contributed by atoms with Crippen LogP contribution in [0.25, 0.3) is 0 Å².